The maximum absolute atomic E-state index is 9.91. The molecule has 1 aliphatic heterocycles. The van der Waals surface area contributed by atoms with E-state index in [9.17, 15) is 4.21 Å². The Labute approximate surface area is 57.5 Å². The summed E-state index contributed by atoms with van der Waals surface area (Å²) in [7, 11) is 0. The van der Waals surface area contributed by atoms with Gasteiger partial charge >= 0.3 is 11.4 Å². The molecule has 0 aromatic carbocycles. The fraction of sp³-hybridized carbons (Fsp3) is 0.600. The van der Waals surface area contributed by atoms with E-state index in [2.05, 4.69) is 14.9 Å². The average Bonchev–Trinajstić information content (AvgIpc) is 2.20. The first-order valence-corrected chi connectivity index (χ1v) is 3.56. The van der Waals surface area contributed by atoms with Crippen LogP contribution in [0.25, 0.3) is 0 Å². The van der Waals surface area contributed by atoms with E-state index in [0.717, 1.165) is 0 Å². The van der Waals surface area contributed by atoms with Gasteiger partial charge in [-0.05, 0) is 6.92 Å². The molecule has 0 unspecified atom stereocenters. The lowest BCUT2D eigenvalue weighted by Crippen LogP contribution is -1.81. The van der Waals surface area contributed by atoms with Gasteiger partial charge in [0.2, 0.25) is 0 Å². The largest absolute Gasteiger partial charge is 0.304 e. The molecule has 0 radical (unpaired) electrons. The van der Waals surface area contributed by atoms with Gasteiger partial charge in [0.1, 0.15) is 0 Å². The zero-order valence-corrected chi connectivity index (χ0v) is 6.15. The number of allylic oxidation sites excluding steroid dienone is 1. The van der Waals surface area contributed by atoms with Crippen LogP contribution >= 0.6 is 0 Å². The third-order valence-corrected chi connectivity index (χ3v) is 1.16. The first kappa shape index (κ1) is 8.81. The van der Waals surface area contributed by atoms with Gasteiger partial charge < -0.3 is 0 Å². The molecule has 0 N–H and O–H groups in total. The molecule has 0 amide bonds. The standard InChI is InChI=1S/C3H6.C2H4O3S/c1-3-2;3-6-4-1-2-5-6/h3H,1H2,2H3;1-2H2. The van der Waals surface area contributed by atoms with Crippen LogP contribution in [0.2, 0.25) is 0 Å². The highest BCUT2D eigenvalue weighted by molar-refractivity contribution is 7.75. The molecular formula is C5H10O3S. The van der Waals surface area contributed by atoms with E-state index in [4.69, 9.17) is 0 Å². The summed E-state index contributed by atoms with van der Waals surface area (Å²) in [4.78, 5) is 0. The minimum atomic E-state index is -1.42. The van der Waals surface area contributed by atoms with Crippen molar-refractivity contribution in [3.05, 3.63) is 12.7 Å². The van der Waals surface area contributed by atoms with Crippen molar-refractivity contribution in [3.8, 4) is 0 Å². The van der Waals surface area contributed by atoms with Gasteiger partial charge in [-0.3, -0.25) is 8.37 Å². The third-order valence-electron chi connectivity index (χ3n) is 0.442. The third kappa shape index (κ3) is 5.68. The second kappa shape index (κ2) is 5.94. The molecule has 9 heavy (non-hydrogen) atoms. The SMILES string of the molecule is C=CC.O=S1OCCO1. The highest BCUT2D eigenvalue weighted by Crippen LogP contribution is 1.95. The zero-order valence-electron chi connectivity index (χ0n) is 5.33. The predicted octanol–water partition coefficient (Wildman–Crippen LogP) is 0.804. The summed E-state index contributed by atoms with van der Waals surface area (Å²) in [5, 5.41) is 0. The van der Waals surface area contributed by atoms with E-state index in [1.807, 2.05) is 6.92 Å². The molecule has 1 aliphatic rings. The summed E-state index contributed by atoms with van der Waals surface area (Å²) in [6.45, 7) is 6.18. The Morgan fingerprint density at radius 2 is 1.89 bits per heavy atom. The molecular weight excluding hydrogens is 140 g/mol. The summed E-state index contributed by atoms with van der Waals surface area (Å²) in [5.41, 5.74) is 0. The fourth-order valence-corrected chi connectivity index (χ4v) is 0.714. The van der Waals surface area contributed by atoms with Gasteiger partial charge in [0.05, 0.1) is 13.2 Å². The average molecular weight is 150 g/mol. The van der Waals surface area contributed by atoms with Crippen molar-refractivity contribution in [2.24, 2.45) is 0 Å². The highest BCUT2D eigenvalue weighted by Gasteiger charge is 2.07. The second-order valence-corrected chi connectivity index (χ2v) is 2.14. The molecule has 1 rings (SSSR count). The molecule has 4 heteroatoms. The molecule has 1 fully saturated rings. The van der Waals surface area contributed by atoms with Crippen LogP contribution in [0.5, 0.6) is 0 Å². The number of hydrogen-bond acceptors (Lipinski definition) is 3. The lowest BCUT2D eigenvalue weighted by molar-refractivity contribution is 0.365. The van der Waals surface area contributed by atoms with Crippen molar-refractivity contribution in [1.82, 2.24) is 0 Å². The maximum Gasteiger partial charge on any atom is 0.304 e. The minimum Gasteiger partial charge on any atom is -0.266 e. The lowest BCUT2D eigenvalue weighted by atomic mass is 10.8. The normalized spacial score (nSPS) is 18.3. The first-order valence-electron chi connectivity index (χ1n) is 2.56. The van der Waals surface area contributed by atoms with Crippen molar-refractivity contribution < 1.29 is 12.6 Å². The summed E-state index contributed by atoms with van der Waals surface area (Å²) >= 11 is -1.42. The first-order chi connectivity index (χ1) is 4.31. The quantitative estimate of drug-likeness (QED) is 0.479. The van der Waals surface area contributed by atoms with Gasteiger partial charge in [0.25, 0.3) is 0 Å². The molecule has 0 aromatic heterocycles. The smallest absolute Gasteiger partial charge is 0.266 e. The topological polar surface area (TPSA) is 35.5 Å². The summed E-state index contributed by atoms with van der Waals surface area (Å²) in [6, 6.07) is 0. The van der Waals surface area contributed by atoms with E-state index in [1.54, 1.807) is 6.08 Å². The Balaban J connectivity index is 0.000000187. The Morgan fingerprint density at radius 1 is 1.56 bits per heavy atom. The van der Waals surface area contributed by atoms with Crippen molar-refractivity contribution in [2.45, 2.75) is 6.92 Å². The predicted molar refractivity (Wildman–Crippen MR) is 35.9 cm³/mol. The molecule has 1 heterocycles. The molecule has 0 bridgehead atoms. The van der Waals surface area contributed by atoms with E-state index in [0.29, 0.717) is 13.2 Å². The molecule has 0 aromatic rings. The van der Waals surface area contributed by atoms with Crippen molar-refractivity contribution >= 4 is 11.4 Å². The van der Waals surface area contributed by atoms with E-state index in [-0.39, 0.29) is 0 Å². The van der Waals surface area contributed by atoms with Crippen molar-refractivity contribution in [1.29, 1.82) is 0 Å². The van der Waals surface area contributed by atoms with Crippen LogP contribution in [0.3, 0.4) is 0 Å². The van der Waals surface area contributed by atoms with Gasteiger partial charge in [-0.15, -0.1) is 6.58 Å². The Kier molecular flexibility index (Phi) is 5.81. The highest BCUT2D eigenvalue weighted by atomic mass is 32.2. The van der Waals surface area contributed by atoms with Gasteiger partial charge in [-0.25, -0.2) is 0 Å². The Hall–Kier alpha value is -0.190. The van der Waals surface area contributed by atoms with Crippen LogP contribution in [-0.4, -0.2) is 17.4 Å². The molecule has 1 saturated heterocycles. The van der Waals surface area contributed by atoms with E-state index < -0.39 is 11.4 Å². The molecule has 0 spiro atoms. The number of rotatable bonds is 0. The Bertz CT molecular complexity index is 94.4. The molecule has 54 valence electrons. The number of hydrogen-bond donors (Lipinski definition) is 0. The maximum atomic E-state index is 9.91. The summed E-state index contributed by atoms with van der Waals surface area (Å²) in [6.07, 6.45) is 1.75. The molecule has 0 saturated carbocycles. The van der Waals surface area contributed by atoms with Crippen LogP contribution < -0.4 is 0 Å². The Morgan fingerprint density at radius 3 is 2.00 bits per heavy atom. The zero-order chi connectivity index (χ0) is 7.11. The second-order valence-electron chi connectivity index (χ2n) is 1.26. The lowest BCUT2D eigenvalue weighted by Gasteiger charge is -1.76. The molecule has 0 atom stereocenters. The molecule has 0 aliphatic carbocycles. The van der Waals surface area contributed by atoms with Crippen LogP contribution in [0.15, 0.2) is 12.7 Å². The van der Waals surface area contributed by atoms with Crippen LogP contribution in [0, 0.1) is 0 Å². The van der Waals surface area contributed by atoms with Crippen LogP contribution in [0.4, 0.5) is 0 Å². The van der Waals surface area contributed by atoms with Crippen molar-refractivity contribution in [3.63, 3.8) is 0 Å². The van der Waals surface area contributed by atoms with Gasteiger partial charge in [0.15, 0.2) is 0 Å². The van der Waals surface area contributed by atoms with E-state index >= 15 is 0 Å². The fourth-order valence-electron chi connectivity index (χ4n) is 0.238. The summed E-state index contributed by atoms with van der Waals surface area (Å²) in [5.74, 6) is 0. The van der Waals surface area contributed by atoms with Gasteiger partial charge in [-0.2, -0.15) is 4.21 Å². The minimum absolute atomic E-state index is 0.465. The van der Waals surface area contributed by atoms with E-state index in [1.165, 1.54) is 0 Å². The summed E-state index contributed by atoms with van der Waals surface area (Å²) < 4.78 is 18.7. The van der Waals surface area contributed by atoms with Gasteiger partial charge in [-0.1, -0.05) is 6.08 Å². The molecule has 3 nitrogen and oxygen atoms in total. The van der Waals surface area contributed by atoms with Crippen LogP contribution in [0.1, 0.15) is 6.92 Å². The van der Waals surface area contributed by atoms with Gasteiger partial charge in [0, 0.05) is 0 Å². The van der Waals surface area contributed by atoms with Crippen LogP contribution in [-0.2, 0) is 19.7 Å². The van der Waals surface area contributed by atoms with Crippen molar-refractivity contribution in [2.75, 3.05) is 13.2 Å². The monoisotopic (exact) mass is 150 g/mol.